The Morgan fingerprint density at radius 3 is 3.15 bits per heavy atom. The number of hydrogen-bond acceptors (Lipinski definition) is 2. The Morgan fingerprint density at radius 2 is 2.38 bits per heavy atom. The molecule has 1 atom stereocenters. The van der Waals surface area contributed by atoms with E-state index in [4.69, 9.17) is 9.84 Å². The number of aliphatic hydroxyl groups is 1. The molecular formula is C11H14O2. The highest BCUT2D eigenvalue weighted by atomic mass is 16.5. The van der Waals surface area contributed by atoms with Gasteiger partial charge in [-0.15, -0.1) is 0 Å². The molecular weight excluding hydrogens is 164 g/mol. The van der Waals surface area contributed by atoms with Gasteiger partial charge in [-0.05, 0) is 30.5 Å². The highest BCUT2D eigenvalue weighted by Gasteiger charge is 2.18. The maximum Gasteiger partial charge on any atom is 0.122 e. The van der Waals surface area contributed by atoms with Crippen LogP contribution in [0, 0.1) is 12.8 Å². The van der Waals surface area contributed by atoms with Crippen LogP contribution < -0.4 is 4.74 Å². The zero-order valence-electron chi connectivity index (χ0n) is 7.79. The normalized spacial score (nSPS) is 20.6. The maximum atomic E-state index is 8.99. The smallest absolute Gasteiger partial charge is 0.122 e. The van der Waals surface area contributed by atoms with Gasteiger partial charge in [-0.25, -0.2) is 0 Å². The zero-order valence-corrected chi connectivity index (χ0v) is 7.79. The fraction of sp³-hybridized carbons (Fsp3) is 0.455. The second-order valence-electron chi connectivity index (χ2n) is 3.67. The molecule has 0 saturated carbocycles. The minimum atomic E-state index is 0.216. The van der Waals surface area contributed by atoms with Crippen molar-refractivity contribution < 1.29 is 9.84 Å². The molecule has 1 aliphatic heterocycles. The van der Waals surface area contributed by atoms with Crippen LogP contribution in [0.4, 0.5) is 0 Å². The van der Waals surface area contributed by atoms with Crippen molar-refractivity contribution in [1.29, 1.82) is 0 Å². The lowest BCUT2D eigenvalue weighted by molar-refractivity contribution is 0.147. The van der Waals surface area contributed by atoms with Gasteiger partial charge in [0, 0.05) is 12.5 Å². The monoisotopic (exact) mass is 178 g/mol. The highest BCUT2D eigenvalue weighted by Crippen LogP contribution is 2.27. The fourth-order valence-corrected chi connectivity index (χ4v) is 1.66. The Labute approximate surface area is 78.2 Å². The fourth-order valence-electron chi connectivity index (χ4n) is 1.66. The molecule has 0 spiro atoms. The summed E-state index contributed by atoms with van der Waals surface area (Å²) < 4.78 is 5.55. The van der Waals surface area contributed by atoms with Crippen molar-refractivity contribution in [2.45, 2.75) is 13.3 Å². The summed E-state index contributed by atoms with van der Waals surface area (Å²) >= 11 is 0. The Hall–Kier alpha value is -1.02. The van der Waals surface area contributed by atoms with Gasteiger partial charge in [-0.1, -0.05) is 12.1 Å². The van der Waals surface area contributed by atoms with Crippen molar-refractivity contribution in [3.63, 3.8) is 0 Å². The van der Waals surface area contributed by atoms with Crippen LogP contribution in [0.1, 0.15) is 11.1 Å². The summed E-state index contributed by atoms with van der Waals surface area (Å²) in [4.78, 5) is 0. The third-order valence-electron chi connectivity index (χ3n) is 2.46. The lowest BCUT2D eigenvalue weighted by atomic mass is 9.97. The molecule has 0 aromatic heterocycles. The molecule has 0 amide bonds. The number of hydrogen-bond donors (Lipinski definition) is 1. The van der Waals surface area contributed by atoms with Crippen molar-refractivity contribution in [2.24, 2.45) is 5.92 Å². The van der Waals surface area contributed by atoms with Gasteiger partial charge in [0.15, 0.2) is 0 Å². The van der Waals surface area contributed by atoms with Crippen LogP contribution in [0.15, 0.2) is 18.2 Å². The van der Waals surface area contributed by atoms with Gasteiger partial charge >= 0.3 is 0 Å². The van der Waals surface area contributed by atoms with E-state index >= 15 is 0 Å². The quantitative estimate of drug-likeness (QED) is 0.706. The molecule has 2 nitrogen and oxygen atoms in total. The van der Waals surface area contributed by atoms with Crippen molar-refractivity contribution in [3.05, 3.63) is 29.3 Å². The van der Waals surface area contributed by atoms with Crippen LogP contribution in [-0.4, -0.2) is 18.3 Å². The summed E-state index contributed by atoms with van der Waals surface area (Å²) in [5, 5.41) is 8.99. The van der Waals surface area contributed by atoms with Crippen LogP contribution in [0.3, 0.4) is 0 Å². The Balaban J connectivity index is 2.26. The minimum Gasteiger partial charge on any atom is -0.493 e. The van der Waals surface area contributed by atoms with E-state index in [9.17, 15) is 0 Å². The molecule has 1 aromatic carbocycles. The Bertz CT molecular complexity index is 307. The van der Waals surface area contributed by atoms with E-state index < -0.39 is 0 Å². The molecule has 0 radical (unpaired) electrons. The van der Waals surface area contributed by atoms with E-state index in [1.165, 1.54) is 11.1 Å². The standard InChI is InChI=1S/C11H14O2/c1-8-2-3-10-5-9(6-12)7-13-11(10)4-8/h2-4,9,12H,5-7H2,1H3/t9-/m1/s1. The molecule has 1 aromatic rings. The number of aryl methyl sites for hydroxylation is 1. The molecule has 1 heterocycles. The van der Waals surface area contributed by atoms with E-state index in [-0.39, 0.29) is 12.5 Å². The first-order valence-corrected chi connectivity index (χ1v) is 4.63. The molecule has 2 heteroatoms. The Kier molecular flexibility index (Phi) is 2.23. The minimum absolute atomic E-state index is 0.216. The van der Waals surface area contributed by atoms with Crippen molar-refractivity contribution in [1.82, 2.24) is 0 Å². The van der Waals surface area contributed by atoms with Gasteiger partial charge in [0.25, 0.3) is 0 Å². The second kappa shape index (κ2) is 3.38. The lowest BCUT2D eigenvalue weighted by Crippen LogP contribution is -2.23. The predicted molar refractivity (Wildman–Crippen MR) is 51.0 cm³/mol. The summed E-state index contributed by atoms with van der Waals surface area (Å²) in [5.74, 6) is 1.26. The molecule has 0 saturated heterocycles. The summed E-state index contributed by atoms with van der Waals surface area (Å²) in [6, 6.07) is 6.23. The lowest BCUT2D eigenvalue weighted by Gasteiger charge is -2.23. The van der Waals surface area contributed by atoms with Crippen molar-refractivity contribution in [3.8, 4) is 5.75 Å². The third kappa shape index (κ3) is 1.68. The number of rotatable bonds is 1. The second-order valence-corrected chi connectivity index (χ2v) is 3.67. The number of aliphatic hydroxyl groups excluding tert-OH is 1. The number of benzene rings is 1. The summed E-state index contributed by atoms with van der Waals surface area (Å²) in [5.41, 5.74) is 2.44. The van der Waals surface area contributed by atoms with Crippen molar-refractivity contribution in [2.75, 3.05) is 13.2 Å². The Morgan fingerprint density at radius 1 is 1.54 bits per heavy atom. The maximum absolute atomic E-state index is 8.99. The molecule has 1 aliphatic rings. The van der Waals surface area contributed by atoms with Gasteiger partial charge in [0.05, 0.1) is 6.61 Å². The average molecular weight is 178 g/mol. The molecule has 0 fully saturated rings. The van der Waals surface area contributed by atoms with Gasteiger partial charge in [-0.2, -0.15) is 0 Å². The molecule has 0 unspecified atom stereocenters. The summed E-state index contributed by atoms with van der Waals surface area (Å²) in [7, 11) is 0. The highest BCUT2D eigenvalue weighted by molar-refractivity contribution is 5.38. The van der Waals surface area contributed by atoms with Crippen molar-refractivity contribution >= 4 is 0 Å². The molecule has 1 N–H and O–H groups in total. The van der Waals surface area contributed by atoms with E-state index in [0.29, 0.717) is 6.61 Å². The van der Waals surface area contributed by atoms with E-state index in [1.54, 1.807) is 0 Å². The van der Waals surface area contributed by atoms with Gasteiger partial charge in [0.2, 0.25) is 0 Å². The first kappa shape index (κ1) is 8.57. The average Bonchev–Trinajstić information content (AvgIpc) is 2.17. The van der Waals surface area contributed by atoms with E-state index in [2.05, 4.69) is 25.1 Å². The topological polar surface area (TPSA) is 29.5 Å². The number of fused-ring (bicyclic) bond motifs is 1. The summed E-state index contributed by atoms with van der Waals surface area (Å²) in [6.07, 6.45) is 0.937. The van der Waals surface area contributed by atoms with E-state index in [1.807, 2.05) is 0 Å². The van der Waals surface area contributed by atoms with Crippen LogP contribution in [0.5, 0.6) is 5.75 Å². The van der Waals surface area contributed by atoms with Crippen LogP contribution >= 0.6 is 0 Å². The SMILES string of the molecule is Cc1ccc2c(c1)OC[C@@H](CO)C2. The van der Waals surface area contributed by atoms with Crippen LogP contribution in [0.2, 0.25) is 0 Å². The zero-order chi connectivity index (χ0) is 9.26. The first-order chi connectivity index (χ1) is 6.29. The molecule has 70 valence electrons. The largest absolute Gasteiger partial charge is 0.493 e. The molecule has 2 rings (SSSR count). The summed E-state index contributed by atoms with van der Waals surface area (Å²) in [6.45, 7) is 2.92. The van der Waals surface area contributed by atoms with Gasteiger partial charge in [0.1, 0.15) is 5.75 Å². The molecule has 13 heavy (non-hydrogen) atoms. The van der Waals surface area contributed by atoms with Gasteiger partial charge in [-0.3, -0.25) is 0 Å². The molecule has 0 bridgehead atoms. The third-order valence-corrected chi connectivity index (χ3v) is 2.46. The van der Waals surface area contributed by atoms with Crippen LogP contribution in [0.25, 0.3) is 0 Å². The van der Waals surface area contributed by atoms with E-state index in [0.717, 1.165) is 12.2 Å². The van der Waals surface area contributed by atoms with Crippen LogP contribution in [-0.2, 0) is 6.42 Å². The van der Waals surface area contributed by atoms with Gasteiger partial charge < -0.3 is 9.84 Å². The number of ether oxygens (including phenoxy) is 1. The molecule has 0 aliphatic carbocycles. The first-order valence-electron chi connectivity index (χ1n) is 4.63. The predicted octanol–water partition coefficient (Wildman–Crippen LogP) is 1.54.